The number of carbonyl (C=O) groups is 2. The van der Waals surface area contributed by atoms with E-state index in [1.807, 2.05) is 6.92 Å². The number of nitrogens with zero attached hydrogens (tertiary/aromatic N) is 3. The van der Waals surface area contributed by atoms with E-state index in [-0.39, 0.29) is 11.3 Å². The Kier molecular flexibility index (Phi) is 8.38. The molecule has 0 radical (unpaired) electrons. The number of amides is 1. The van der Waals surface area contributed by atoms with E-state index < -0.39 is 17.7 Å². The second-order valence-corrected chi connectivity index (χ2v) is 9.77. The summed E-state index contributed by atoms with van der Waals surface area (Å²) in [4.78, 5) is 34.3. The van der Waals surface area contributed by atoms with Crippen LogP contribution >= 0.6 is 0 Å². The minimum atomic E-state index is -0.671. The monoisotopic (exact) mass is 493 g/mol. The van der Waals surface area contributed by atoms with E-state index >= 15 is 0 Å². The number of hydrogen-bond acceptors (Lipinski definition) is 7. The Labute approximate surface area is 212 Å². The number of aryl methyl sites for hydroxylation is 1. The Morgan fingerprint density at radius 2 is 1.86 bits per heavy atom. The number of pyridine rings is 1. The normalized spacial score (nSPS) is 20.3. The Balaban J connectivity index is 1.63. The molecule has 0 unspecified atom stereocenters. The van der Waals surface area contributed by atoms with Crippen molar-refractivity contribution in [1.29, 1.82) is 0 Å². The summed E-state index contributed by atoms with van der Waals surface area (Å²) in [6.45, 7) is 11.0. The average molecular weight is 494 g/mol. The van der Waals surface area contributed by atoms with Crippen LogP contribution in [-0.4, -0.2) is 77.6 Å². The smallest absolute Gasteiger partial charge is 0.295 e. The van der Waals surface area contributed by atoms with Crippen molar-refractivity contribution in [2.75, 3.05) is 46.0 Å². The molecule has 192 valence electrons. The molecule has 0 spiro atoms. The van der Waals surface area contributed by atoms with Crippen molar-refractivity contribution in [2.45, 2.75) is 33.2 Å². The minimum Gasteiger partial charge on any atom is -0.507 e. The lowest BCUT2D eigenvalue weighted by molar-refractivity contribution is -0.140. The summed E-state index contributed by atoms with van der Waals surface area (Å²) in [6, 6.07) is 8.22. The molecule has 0 bridgehead atoms. The fourth-order valence-corrected chi connectivity index (χ4v) is 4.66. The molecule has 1 N–H and O–H groups in total. The minimum absolute atomic E-state index is 0.104. The Morgan fingerprint density at radius 3 is 2.53 bits per heavy atom. The summed E-state index contributed by atoms with van der Waals surface area (Å²) in [5, 5.41) is 11.3. The van der Waals surface area contributed by atoms with Gasteiger partial charge < -0.3 is 19.5 Å². The molecule has 36 heavy (non-hydrogen) atoms. The standard InChI is InChI=1S/C28H35N3O5/c1-19(2)18-36-23-6-5-22(17-20(23)3)26(32)24-25(21-7-9-29-10-8-21)31(28(34)27(24)33)12-4-11-30-13-15-35-16-14-30/h5-10,17,19,25,32H,4,11-16,18H2,1-3H3/b26-24+/t25-/m0/s1. The molecule has 3 heterocycles. The summed E-state index contributed by atoms with van der Waals surface area (Å²) < 4.78 is 11.3. The highest BCUT2D eigenvalue weighted by Crippen LogP contribution is 2.39. The molecule has 0 aliphatic carbocycles. The predicted molar refractivity (Wildman–Crippen MR) is 137 cm³/mol. The molecule has 1 amide bonds. The van der Waals surface area contributed by atoms with Crippen LogP contribution in [0.25, 0.3) is 5.76 Å². The van der Waals surface area contributed by atoms with E-state index in [9.17, 15) is 14.7 Å². The van der Waals surface area contributed by atoms with Gasteiger partial charge in [-0.25, -0.2) is 0 Å². The first-order chi connectivity index (χ1) is 17.4. The molecule has 8 nitrogen and oxygen atoms in total. The van der Waals surface area contributed by atoms with Gasteiger partial charge in [0.05, 0.1) is 31.4 Å². The van der Waals surface area contributed by atoms with Gasteiger partial charge in [0.25, 0.3) is 11.7 Å². The number of carbonyl (C=O) groups excluding carboxylic acids is 2. The first-order valence-electron chi connectivity index (χ1n) is 12.6. The Bertz CT molecular complexity index is 1110. The van der Waals surface area contributed by atoms with Crippen LogP contribution < -0.4 is 4.74 Å². The number of hydrogen-bond donors (Lipinski definition) is 1. The molecular weight excluding hydrogens is 458 g/mol. The summed E-state index contributed by atoms with van der Waals surface area (Å²) in [5.74, 6) is -0.316. The number of aliphatic hydroxyl groups excluding tert-OH is 1. The van der Waals surface area contributed by atoms with Crippen molar-refractivity contribution in [3.63, 3.8) is 0 Å². The Morgan fingerprint density at radius 1 is 1.14 bits per heavy atom. The highest BCUT2D eigenvalue weighted by atomic mass is 16.5. The lowest BCUT2D eigenvalue weighted by Gasteiger charge is -2.29. The van der Waals surface area contributed by atoms with Gasteiger partial charge in [-0.05, 0) is 60.7 Å². The largest absolute Gasteiger partial charge is 0.507 e. The van der Waals surface area contributed by atoms with Gasteiger partial charge in [-0.1, -0.05) is 13.8 Å². The van der Waals surface area contributed by atoms with E-state index in [4.69, 9.17) is 9.47 Å². The van der Waals surface area contributed by atoms with E-state index in [0.717, 1.165) is 42.9 Å². The van der Waals surface area contributed by atoms with Crippen molar-refractivity contribution >= 4 is 17.4 Å². The number of ether oxygens (including phenoxy) is 2. The fraction of sp³-hybridized carbons (Fsp3) is 0.464. The number of Topliss-reactive ketones (excluding diaryl/α,β-unsaturated/α-hetero) is 1. The van der Waals surface area contributed by atoms with E-state index in [2.05, 4.69) is 23.7 Å². The number of aromatic nitrogens is 1. The first kappa shape index (κ1) is 25.9. The number of rotatable bonds is 9. The molecule has 2 aliphatic rings. The molecule has 2 fully saturated rings. The Hall–Kier alpha value is -3.23. The van der Waals surface area contributed by atoms with Gasteiger partial charge in [0, 0.05) is 44.1 Å². The van der Waals surface area contributed by atoms with Crippen LogP contribution in [0.1, 0.15) is 43.0 Å². The topological polar surface area (TPSA) is 92.2 Å². The van der Waals surface area contributed by atoms with Gasteiger partial charge in [0.15, 0.2) is 0 Å². The lowest BCUT2D eigenvalue weighted by atomic mass is 9.95. The highest BCUT2D eigenvalue weighted by Gasteiger charge is 2.45. The zero-order valence-corrected chi connectivity index (χ0v) is 21.3. The van der Waals surface area contributed by atoms with Gasteiger partial charge in [-0.15, -0.1) is 0 Å². The molecule has 2 aliphatic heterocycles. The molecule has 1 aromatic carbocycles. The number of aliphatic hydroxyl groups is 1. The maximum absolute atomic E-state index is 13.2. The second kappa shape index (κ2) is 11.7. The van der Waals surface area contributed by atoms with Crippen LogP contribution in [0.3, 0.4) is 0 Å². The maximum atomic E-state index is 13.2. The molecule has 1 aromatic heterocycles. The highest BCUT2D eigenvalue weighted by molar-refractivity contribution is 6.46. The van der Waals surface area contributed by atoms with Crippen molar-refractivity contribution < 1.29 is 24.2 Å². The van der Waals surface area contributed by atoms with Gasteiger partial charge in [-0.3, -0.25) is 19.5 Å². The van der Waals surface area contributed by atoms with Crippen LogP contribution in [0.4, 0.5) is 0 Å². The SMILES string of the molecule is Cc1cc(/C(O)=C2\C(=O)C(=O)N(CCCN3CCOCC3)[C@H]2c2ccncc2)ccc1OCC(C)C. The third-order valence-electron chi connectivity index (χ3n) is 6.56. The second-order valence-electron chi connectivity index (χ2n) is 9.77. The van der Waals surface area contributed by atoms with Gasteiger partial charge in [-0.2, -0.15) is 0 Å². The predicted octanol–water partition coefficient (Wildman–Crippen LogP) is 3.57. The number of likely N-dealkylation sites (tertiary alicyclic amines) is 1. The lowest BCUT2D eigenvalue weighted by Crippen LogP contribution is -2.38. The quantitative estimate of drug-likeness (QED) is 0.324. The van der Waals surface area contributed by atoms with Crippen molar-refractivity contribution in [3.8, 4) is 5.75 Å². The molecule has 1 atom stereocenters. The van der Waals surface area contributed by atoms with Crippen LogP contribution in [0.2, 0.25) is 0 Å². The number of benzene rings is 1. The van der Waals surface area contributed by atoms with E-state index in [1.54, 1.807) is 47.6 Å². The average Bonchev–Trinajstić information content (AvgIpc) is 3.13. The van der Waals surface area contributed by atoms with E-state index in [0.29, 0.717) is 37.8 Å². The molecule has 0 saturated carbocycles. The summed E-state index contributed by atoms with van der Waals surface area (Å²) >= 11 is 0. The first-order valence-corrected chi connectivity index (χ1v) is 12.6. The van der Waals surface area contributed by atoms with Gasteiger partial charge in [0.1, 0.15) is 11.5 Å². The summed E-state index contributed by atoms with van der Waals surface area (Å²) in [5.41, 5.74) is 2.17. The maximum Gasteiger partial charge on any atom is 0.295 e. The molecule has 4 rings (SSSR count). The zero-order chi connectivity index (χ0) is 25.7. The van der Waals surface area contributed by atoms with Gasteiger partial charge in [0.2, 0.25) is 0 Å². The molecular formula is C28H35N3O5. The summed E-state index contributed by atoms with van der Waals surface area (Å²) in [7, 11) is 0. The van der Waals surface area contributed by atoms with Gasteiger partial charge >= 0.3 is 0 Å². The fourth-order valence-electron chi connectivity index (χ4n) is 4.66. The third kappa shape index (κ3) is 5.77. The van der Waals surface area contributed by atoms with Crippen LogP contribution in [0, 0.1) is 12.8 Å². The van der Waals surface area contributed by atoms with Crippen LogP contribution in [-0.2, 0) is 14.3 Å². The molecule has 8 heteroatoms. The molecule has 2 aromatic rings. The van der Waals surface area contributed by atoms with Crippen molar-refractivity contribution in [2.24, 2.45) is 5.92 Å². The molecule has 2 saturated heterocycles. The van der Waals surface area contributed by atoms with Crippen LogP contribution in [0.5, 0.6) is 5.75 Å². The van der Waals surface area contributed by atoms with E-state index in [1.165, 1.54) is 0 Å². The number of ketones is 1. The number of morpholine rings is 1. The third-order valence-corrected chi connectivity index (χ3v) is 6.56. The zero-order valence-electron chi connectivity index (χ0n) is 21.3. The van der Waals surface area contributed by atoms with Crippen LogP contribution in [0.15, 0.2) is 48.3 Å². The summed E-state index contributed by atoms with van der Waals surface area (Å²) in [6.07, 6.45) is 3.98. The van der Waals surface area contributed by atoms with Crippen molar-refractivity contribution in [1.82, 2.24) is 14.8 Å². The van der Waals surface area contributed by atoms with Crippen molar-refractivity contribution in [3.05, 3.63) is 65.0 Å².